The average molecular weight is 421 g/mol. The molecular weight excluding hydrogens is 402 g/mol. The lowest BCUT2D eigenvalue weighted by Crippen LogP contribution is -2.19. The van der Waals surface area contributed by atoms with Crippen molar-refractivity contribution < 1.29 is 9.53 Å². The molecule has 0 bridgehead atoms. The van der Waals surface area contributed by atoms with Crippen LogP contribution in [0.15, 0.2) is 48.5 Å². The highest BCUT2D eigenvalue weighted by molar-refractivity contribution is 7.71. The molecule has 1 amide bonds. The third-order valence-electron chi connectivity index (χ3n) is 4.41. The van der Waals surface area contributed by atoms with Crippen molar-refractivity contribution in [1.29, 1.82) is 0 Å². The van der Waals surface area contributed by atoms with Crippen LogP contribution in [0.25, 0.3) is 22.8 Å². The fraction of sp³-hybridized carbons (Fsp3) is 0.150. The van der Waals surface area contributed by atoms with E-state index in [9.17, 15) is 4.79 Å². The summed E-state index contributed by atoms with van der Waals surface area (Å²) in [7, 11) is 1.60. The molecule has 0 radical (unpaired) electrons. The zero-order valence-corrected chi connectivity index (χ0v) is 17.2. The maximum atomic E-state index is 12.7. The van der Waals surface area contributed by atoms with E-state index in [1.165, 1.54) is 0 Å². The van der Waals surface area contributed by atoms with Gasteiger partial charge in [0.2, 0.25) is 5.91 Å². The Morgan fingerprint density at radius 1 is 1.13 bits per heavy atom. The highest BCUT2D eigenvalue weighted by Crippen LogP contribution is 2.22. The summed E-state index contributed by atoms with van der Waals surface area (Å²) in [6.45, 7) is 1.84. The summed E-state index contributed by atoms with van der Waals surface area (Å²) in [6.07, 6.45) is 0. The van der Waals surface area contributed by atoms with E-state index in [4.69, 9.17) is 17.0 Å². The number of methoxy groups -OCH3 is 1. The van der Waals surface area contributed by atoms with Crippen molar-refractivity contribution in [2.45, 2.75) is 13.5 Å². The number of benzene rings is 2. The Hall–Kier alpha value is -3.79. The molecule has 0 fully saturated rings. The molecule has 0 unspecified atom stereocenters. The van der Waals surface area contributed by atoms with Gasteiger partial charge in [-0.3, -0.25) is 19.6 Å². The molecule has 10 heteroatoms. The van der Waals surface area contributed by atoms with Gasteiger partial charge in [-0.2, -0.15) is 10.2 Å². The first-order valence-corrected chi connectivity index (χ1v) is 9.53. The van der Waals surface area contributed by atoms with Crippen LogP contribution in [0.1, 0.15) is 5.82 Å². The molecule has 152 valence electrons. The van der Waals surface area contributed by atoms with Gasteiger partial charge in [-0.05, 0) is 55.5 Å². The number of carbonyl (C=O) groups is 1. The number of aromatic nitrogens is 6. The van der Waals surface area contributed by atoms with Crippen LogP contribution in [0.4, 0.5) is 5.69 Å². The van der Waals surface area contributed by atoms with Crippen LogP contribution in [-0.2, 0) is 11.3 Å². The smallest absolute Gasteiger partial charge is 0.244 e. The molecule has 3 N–H and O–H groups in total. The first-order valence-electron chi connectivity index (χ1n) is 9.12. The zero-order valence-electron chi connectivity index (χ0n) is 16.3. The Bertz CT molecular complexity index is 1240. The van der Waals surface area contributed by atoms with Crippen LogP contribution in [0, 0.1) is 11.7 Å². The number of aromatic amines is 2. The summed E-state index contributed by atoms with van der Waals surface area (Å²) in [6, 6.07) is 14.7. The fourth-order valence-electron chi connectivity index (χ4n) is 2.98. The first-order chi connectivity index (χ1) is 14.5. The number of nitrogens with one attached hydrogen (secondary N) is 3. The number of H-pyrrole nitrogens is 2. The minimum Gasteiger partial charge on any atom is -0.497 e. The summed E-state index contributed by atoms with van der Waals surface area (Å²) in [4.78, 5) is 17.0. The van der Waals surface area contributed by atoms with Gasteiger partial charge >= 0.3 is 0 Å². The van der Waals surface area contributed by atoms with E-state index in [-0.39, 0.29) is 12.5 Å². The van der Waals surface area contributed by atoms with Crippen molar-refractivity contribution in [3.05, 3.63) is 59.1 Å². The largest absolute Gasteiger partial charge is 0.497 e. The molecule has 0 saturated carbocycles. The van der Waals surface area contributed by atoms with Gasteiger partial charge in [0.25, 0.3) is 0 Å². The Morgan fingerprint density at radius 3 is 2.63 bits per heavy atom. The third-order valence-corrected chi connectivity index (χ3v) is 4.72. The standard InChI is InChI=1S/C20H19N7O2S/c1-12-21-18(24-23-12)14-4-3-5-15(10-14)22-17(28)11-27-19(25-26-20(27)30)13-6-8-16(29-2)9-7-13/h3-10H,11H2,1-2H3,(H,22,28)(H,26,30)(H,21,23,24). The number of hydrogen-bond acceptors (Lipinski definition) is 6. The van der Waals surface area contributed by atoms with E-state index in [1.54, 1.807) is 17.7 Å². The fourth-order valence-corrected chi connectivity index (χ4v) is 3.17. The second-order valence-electron chi connectivity index (χ2n) is 6.54. The number of anilines is 1. The summed E-state index contributed by atoms with van der Waals surface area (Å²) in [5.74, 6) is 2.37. The second kappa shape index (κ2) is 8.29. The summed E-state index contributed by atoms with van der Waals surface area (Å²) in [5.41, 5.74) is 2.26. The Morgan fingerprint density at radius 2 is 1.93 bits per heavy atom. The zero-order chi connectivity index (χ0) is 21.1. The molecule has 2 aromatic heterocycles. The molecule has 9 nitrogen and oxygen atoms in total. The SMILES string of the molecule is COc1ccc(-c2n[nH]c(=S)n2CC(=O)Nc2cccc(-c3n[nH]c(C)n3)c2)cc1. The number of rotatable bonds is 6. The Balaban J connectivity index is 1.52. The van der Waals surface area contributed by atoms with Crippen LogP contribution in [0.5, 0.6) is 5.75 Å². The van der Waals surface area contributed by atoms with Crippen LogP contribution >= 0.6 is 12.2 Å². The third kappa shape index (κ3) is 4.13. The second-order valence-corrected chi connectivity index (χ2v) is 6.93. The monoisotopic (exact) mass is 421 g/mol. The molecule has 4 aromatic rings. The van der Waals surface area contributed by atoms with Crippen LogP contribution in [0.3, 0.4) is 0 Å². The Labute approximate surface area is 177 Å². The Kier molecular flexibility index (Phi) is 5.40. The molecule has 0 saturated heterocycles. The molecule has 2 aromatic carbocycles. The number of aryl methyl sites for hydroxylation is 1. The van der Waals surface area contributed by atoms with E-state index in [0.717, 1.165) is 22.7 Å². The predicted molar refractivity (Wildman–Crippen MR) is 115 cm³/mol. The van der Waals surface area contributed by atoms with Crippen molar-refractivity contribution >= 4 is 23.8 Å². The number of nitrogens with zero attached hydrogens (tertiary/aromatic N) is 4. The summed E-state index contributed by atoms with van der Waals surface area (Å²) in [5, 5.41) is 16.9. The predicted octanol–water partition coefficient (Wildman–Crippen LogP) is 3.35. The molecule has 0 atom stereocenters. The lowest BCUT2D eigenvalue weighted by atomic mass is 10.2. The maximum Gasteiger partial charge on any atom is 0.244 e. The lowest BCUT2D eigenvalue weighted by Gasteiger charge is -2.09. The summed E-state index contributed by atoms with van der Waals surface area (Å²) >= 11 is 5.31. The molecule has 0 aliphatic rings. The summed E-state index contributed by atoms with van der Waals surface area (Å²) < 4.78 is 7.19. The van der Waals surface area contributed by atoms with Crippen LogP contribution in [-0.4, -0.2) is 43.0 Å². The van der Waals surface area contributed by atoms with E-state index in [1.807, 2.05) is 49.4 Å². The molecule has 2 heterocycles. The number of hydrogen-bond donors (Lipinski definition) is 3. The van der Waals surface area contributed by atoms with Crippen molar-refractivity contribution in [3.63, 3.8) is 0 Å². The van der Waals surface area contributed by atoms with Gasteiger partial charge in [0.15, 0.2) is 16.4 Å². The number of amides is 1. The van der Waals surface area contributed by atoms with Gasteiger partial charge in [0.05, 0.1) is 7.11 Å². The van der Waals surface area contributed by atoms with Gasteiger partial charge in [-0.1, -0.05) is 12.1 Å². The van der Waals surface area contributed by atoms with E-state index < -0.39 is 0 Å². The van der Waals surface area contributed by atoms with E-state index >= 15 is 0 Å². The van der Waals surface area contributed by atoms with Gasteiger partial charge in [-0.25, -0.2) is 4.98 Å². The van der Waals surface area contributed by atoms with Crippen molar-refractivity contribution in [3.8, 4) is 28.5 Å². The molecule has 0 spiro atoms. The first kappa shape index (κ1) is 19.5. The molecule has 0 aliphatic carbocycles. The average Bonchev–Trinajstić information content (AvgIpc) is 3.34. The van der Waals surface area contributed by atoms with Gasteiger partial charge in [0, 0.05) is 16.8 Å². The maximum absolute atomic E-state index is 12.7. The number of ether oxygens (including phenoxy) is 1. The molecular formula is C20H19N7O2S. The van der Waals surface area contributed by atoms with Crippen molar-refractivity contribution in [2.24, 2.45) is 0 Å². The van der Waals surface area contributed by atoms with Crippen molar-refractivity contribution in [2.75, 3.05) is 12.4 Å². The highest BCUT2D eigenvalue weighted by atomic mass is 32.1. The highest BCUT2D eigenvalue weighted by Gasteiger charge is 2.13. The van der Waals surface area contributed by atoms with Gasteiger partial charge in [-0.15, -0.1) is 0 Å². The van der Waals surface area contributed by atoms with Crippen LogP contribution < -0.4 is 10.1 Å². The lowest BCUT2D eigenvalue weighted by molar-refractivity contribution is -0.116. The quantitative estimate of drug-likeness (QED) is 0.412. The van der Waals surface area contributed by atoms with Gasteiger partial charge < -0.3 is 10.1 Å². The molecule has 0 aliphatic heterocycles. The topological polar surface area (TPSA) is 114 Å². The van der Waals surface area contributed by atoms with Gasteiger partial charge in [0.1, 0.15) is 18.1 Å². The van der Waals surface area contributed by atoms with Crippen molar-refractivity contribution in [1.82, 2.24) is 29.9 Å². The molecule has 4 rings (SSSR count). The normalized spacial score (nSPS) is 10.7. The minimum atomic E-state index is -0.231. The van der Waals surface area contributed by atoms with E-state index in [0.29, 0.717) is 22.1 Å². The van der Waals surface area contributed by atoms with Crippen LogP contribution in [0.2, 0.25) is 0 Å². The molecule has 30 heavy (non-hydrogen) atoms. The van der Waals surface area contributed by atoms with E-state index in [2.05, 4.69) is 30.7 Å². The number of carbonyl (C=O) groups excluding carboxylic acids is 1. The minimum absolute atomic E-state index is 0.0146.